The van der Waals surface area contributed by atoms with Crippen LogP contribution < -0.4 is 4.74 Å². The van der Waals surface area contributed by atoms with Crippen molar-refractivity contribution >= 4 is 40.7 Å². The molecule has 4 rings (SSSR count). The molecule has 6 nitrogen and oxygen atoms in total. The largest absolute Gasteiger partial charge is 0.507 e. The zero-order valence-electron chi connectivity index (χ0n) is 17.3. The van der Waals surface area contributed by atoms with Crippen LogP contribution in [0.1, 0.15) is 22.9 Å². The van der Waals surface area contributed by atoms with Crippen LogP contribution in [0.5, 0.6) is 5.75 Å². The standard InChI is InChI=1S/C25H19Cl2NO5/c1-2-11-32-17-8-5-15(6-9-17)23(29)21-22(16-7-10-19(26)20(27)13-16)28(25(31)24(21)30)14-18-4-3-12-33-18/h2-10,12-13,22,29H,1,11,14H2/t22-/m1/s1. The first-order valence-corrected chi connectivity index (χ1v) is 10.8. The van der Waals surface area contributed by atoms with Crippen LogP contribution in [0.25, 0.3) is 5.76 Å². The number of Topliss-reactive ketones (excluding diaryl/α,β-unsaturated/α-hetero) is 1. The Balaban J connectivity index is 1.81. The number of amides is 1. The quantitative estimate of drug-likeness (QED) is 0.199. The van der Waals surface area contributed by atoms with Crippen LogP contribution in [0.3, 0.4) is 0 Å². The van der Waals surface area contributed by atoms with E-state index in [0.29, 0.717) is 34.3 Å². The predicted octanol–water partition coefficient (Wildman–Crippen LogP) is 5.77. The Hall–Kier alpha value is -3.48. The Labute approximate surface area is 200 Å². The molecule has 1 aliphatic rings. The Bertz CT molecular complexity index is 1230. The predicted molar refractivity (Wildman–Crippen MR) is 125 cm³/mol. The topological polar surface area (TPSA) is 80.0 Å². The van der Waals surface area contributed by atoms with E-state index in [2.05, 4.69) is 6.58 Å². The molecule has 0 bridgehead atoms. The molecule has 0 spiro atoms. The highest BCUT2D eigenvalue weighted by Crippen LogP contribution is 2.41. The number of likely N-dealkylation sites (tertiary alicyclic amines) is 1. The molecular formula is C25H19Cl2NO5. The van der Waals surface area contributed by atoms with Gasteiger partial charge in [-0.05, 0) is 54.1 Å². The van der Waals surface area contributed by atoms with Gasteiger partial charge in [0.15, 0.2) is 0 Å². The van der Waals surface area contributed by atoms with E-state index in [9.17, 15) is 14.7 Å². The first-order chi connectivity index (χ1) is 15.9. The molecule has 1 amide bonds. The highest BCUT2D eigenvalue weighted by atomic mass is 35.5. The van der Waals surface area contributed by atoms with Crippen molar-refractivity contribution in [3.8, 4) is 5.75 Å². The number of ketones is 1. The number of benzene rings is 2. The lowest BCUT2D eigenvalue weighted by molar-refractivity contribution is -0.140. The first kappa shape index (κ1) is 22.7. The summed E-state index contributed by atoms with van der Waals surface area (Å²) in [5, 5.41) is 11.7. The van der Waals surface area contributed by atoms with Crippen molar-refractivity contribution in [2.75, 3.05) is 6.61 Å². The second-order valence-corrected chi connectivity index (χ2v) is 8.12. The molecule has 0 saturated carbocycles. The number of carbonyl (C=O) groups is 2. The van der Waals surface area contributed by atoms with Crippen molar-refractivity contribution in [2.45, 2.75) is 12.6 Å². The third-order valence-corrected chi connectivity index (χ3v) is 5.94. The van der Waals surface area contributed by atoms with Gasteiger partial charge in [-0.3, -0.25) is 9.59 Å². The van der Waals surface area contributed by atoms with Gasteiger partial charge in [0, 0.05) is 5.56 Å². The third-order valence-electron chi connectivity index (χ3n) is 5.20. The molecule has 2 aromatic carbocycles. The number of carbonyl (C=O) groups excluding carboxylic acids is 2. The summed E-state index contributed by atoms with van der Waals surface area (Å²) >= 11 is 12.3. The summed E-state index contributed by atoms with van der Waals surface area (Å²) in [6, 6.07) is 13.9. The molecule has 1 N–H and O–H groups in total. The molecule has 0 radical (unpaired) electrons. The van der Waals surface area contributed by atoms with E-state index in [0.717, 1.165) is 0 Å². The van der Waals surface area contributed by atoms with Crippen LogP contribution >= 0.6 is 23.2 Å². The summed E-state index contributed by atoms with van der Waals surface area (Å²) in [5.41, 5.74) is 0.842. The van der Waals surface area contributed by atoms with Gasteiger partial charge in [0.25, 0.3) is 11.7 Å². The van der Waals surface area contributed by atoms with Crippen molar-refractivity contribution in [2.24, 2.45) is 0 Å². The number of rotatable bonds is 7. The van der Waals surface area contributed by atoms with E-state index in [-0.39, 0.29) is 22.9 Å². The third kappa shape index (κ3) is 4.53. The lowest BCUT2D eigenvalue weighted by Gasteiger charge is -2.24. The molecular weight excluding hydrogens is 465 g/mol. The Morgan fingerprint density at radius 3 is 2.52 bits per heavy atom. The fraction of sp³-hybridized carbons (Fsp3) is 0.120. The maximum absolute atomic E-state index is 13.1. The van der Waals surface area contributed by atoms with Crippen molar-refractivity contribution in [3.63, 3.8) is 0 Å². The minimum Gasteiger partial charge on any atom is -0.507 e. The molecule has 33 heavy (non-hydrogen) atoms. The summed E-state index contributed by atoms with van der Waals surface area (Å²) in [6.07, 6.45) is 3.10. The van der Waals surface area contributed by atoms with Crippen molar-refractivity contribution in [1.29, 1.82) is 0 Å². The number of hydrogen-bond acceptors (Lipinski definition) is 5. The molecule has 2 heterocycles. The van der Waals surface area contributed by atoms with Gasteiger partial charge in [-0.25, -0.2) is 0 Å². The smallest absolute Gasteiger partial charge is 0.296 e. The monoisotopic (exact) mass is 483 g/mol. The Kier molecular flexibility index (Phi) is 6.58. The van der Waals surface area contributed by atoms with Crippen LogP contribution in [0.4, 0.5) is 0 Å². The normalized spacial score (nSPS) is 17.4. The van der Waals surface area contributed by atoms with Crippen molar-refractivity contribution < 1.29 is 23.8 Å². The number of ether oxygens (including phenoxy) is 1. The van der Waals surface area contributed by atoms with Gasteiger partial charge >= 0.3 is 0 Å². The number of halogens is 2. The second kappa shape index (κ2) is 9.57. The minimum atomic E-state index is -0.887. The van der Waals surface area contributed by atoms with Gasteiger partial charge in [0.2, 0.25) is 0 Å². The van der Waals surface area contributed by atoms with Gasteiger partial charge in [0.1, 0.15) is 23.9 Å². The SMILES string of the molecule is C=CCOc1ccc(C(O)=C2C(=O)C(=O)N(Cc3ccco3)[C@@H]2c2ccc(Cl)c(Cl)c2)cc1. The maximum atomic E-state index is 13.1. The molecule has 1 aliphatic heterocycles. The number of furan rings is 1. The number of aliphatic hydroxyl groups is 1. The van der Waals surface area contributed by atoms with E-state index in [1.807, 2.05) is 0 Å². The minimum absolute atomic E-state index is 0.0353. The average molecular weight is 484 g/mol. The zero-order valence-corrected chi connectivity index (χ0v) is 18.8. The van der Waals surface area contributed by atoms with E-state index >= 15 is 0 Å². The van der Waals surface area contributed by atoms with Crippen molar-refractivity contribution in [3.05, 3.63) is 106 Å². The lowest BCUT2D eigenvalue weighted by atomic mass is 9.95. The zero-order chi connectivity index (χ0) is 23.5. The van der Waals surface area contributed by atoms with Crippen LogP contribution in [-0.2, 0) is 16.1 Å². The van der Waals surface area contributed by atoms with E-state index in [1.165, 1.54) is 11.2 Å². The molecule has 1 fully saturated rings. The van der Waals surface area contributed by atoms with E-state index < -0.39 is 17.7 Å². The van der Waals surface area contributed by atoms with Crippen LogP contribution in [-0.4, -0.2) is 28.3 Å². The summed E-state index contributed by atoms with van der Waals surface area (Å²) in [7, 11) is 0. The van der Waals surface area contributed by atoms with E-state index in [1.54, 1.807) is 60.7 Å². The summed E-state index contributed by atoms with van der Waals surface area (Å²) in [4.78, 5) is 27.4. The number of aliphatic hydroxyl groups excluding tert-OH is 1. The van der Waals surface area contributed by atoms with Crippen LogP contribution in [0.15, 0.2) is 83.5 Å². The van der Waals surface area contributed by atoms with Crippen LogP contribution in [0.2, 0.25) is 10.0 Å². The highest BCUT2D eigenvalue weighted by molar-refractivity contribution is 6.46. The fourth-order valence-electron chi connectivity index (χ4n) is 3.66. The summed E-state index contributed by atoms with van der Waals surface area (Å²) < 4.78 is 10.8. The van der Waals surface area contributed by atoms with Crippen LogP contribution in [0, 0.1) is 0 Å². The molecule has 0 aliphatic carbocycles. The van der Waals surface area contributed by atoms with Gasteiger partial charge in [-0.1, -0.05) is 41.9 Å². The summed E-state index contributed by atoms with van der Waals surface area (Å²) in [6.45, 7) is 3.97. The average Bonchev–Trinajstić information content (AvgIpc) is 3.42. The molecule has 8 heteroatoms. The fourth-order valence-corrected chi connectivity index (χ4v) is 3.97. The second-order valence-electron chi connectivity index (χ2n) is 7.30. The number of nitrogens with zero attached hydrogens (tertiary/aromatic N) is 1. The first-order valence-electron chi connectivity index (χ1n) is 10.0. The molecule has 0 unspecified atom stereocenters. The molecule has 1 aromatic heterocycles. The highest BCUT2D eigenvalue weighted by Gasteiger charge is 2.46. The van der Waals surface area contributed by atoms with Gasteiger partial charge in [-0.2, -0.15) is 0 Å². The van der Waals surface area contributed by atoms with E-state index in [4.69, 9.17) is 32.4 Å². The number of hydrogen-bond donors (Lipinski definition) is 1. The Morgan fingerprint density at radius 2 is 1.88 bits per heavy atom. The Morgan fingerprint density at radius 1 is 1.12 bits per heavy atom. The van der Waals surface area contributed by atoms with Gasteiger partial charge in [0.05, 0.1) is 34.5 Å². The van der Waals surface area contributed by atoms with Crippen molar-refractivity contribution in [1.82, 2.24) is 4.90 Å². The van der Waals surface area contributed by atoms with Gasteiger partial charge in [-0.15, -0.1) is 0 Å². The molecule has 3 aromatic rings. The molecule has 1 saturated heterocycles. The van der Waals surface area contributed by atoms with Gasteiger partial charge < -0.3 is 19.2 Å². The molecule has 168 valence electrons. The summed E-state index contributed by atoms with van der Waals surface area (Å²) in [5.74, 6) is -0.796. The maximum Gasteiger partial charge on any atom is 0.296 e. The lowest BCUT2D eigenvalue weighted by Crippen LogP contribution is -2.29. The molecule has 1 atom stereocenters.